The van der Waals surface area contributed by atoms with E-state index in [-0.39, 0.29) is 0 Å². The fraction of sp³-hybridized carbons (Fsp3) is 0.188. The van der Waals surface area contributed by atoms with Gasteiger partial charge in [-0.3, -0.25) is 5.43 Å². The SMILES string of the molecule is COc1cc(OC)c(C=NNc2ccc(Cl)c(Cl)c2)c(OC)c1. The first kappa shape index (κ1) is 17.2. The summed E-state index contributed by atoms with van der Waals surface area (Å²) >= 11 is 11.8. The molecule has 0 fully saturated rings. The minimum atomic E-state index is 0.450. The lowest BCUT2D eigenvalue weighted by Gasteiger charge is -2.12. The highest BCUT2D eigenvalue weighted by Crippen LogP contribution is 2.32. The molecule has 0 aliphatic rings. The molecule has 1 N–H and O–H groups in total. The summed E-state index contributed by atoms with van der Waals surface area (Å²) < 4.78 is 15.9. The molecule has 0 aliphatic heterocycles. The van der Waals surface area contributed by atoms with Crippen molar-refractivity contribution in [2.45, 2.75) is 0 Å². The van der Waals surface area contributed by atoms with Crippen LogP contribution in [0.3, 0.4) is 0 Å². The largest absolute Gasteiger partial charge is 0.496 e. The van der Waals surface area contributed by atoms with E-state index in [1.165, 1.54) is 0 Å². The first-order valence-electron chi connectivity index (χ1n) is 6.63. The van der Waals surface area contributed by atoms with Gasteiger partial charge < -0.3 is 14.2 Å². The summed E-state index contributed by atoms with van der Waals surface area (Å²) in [6.45, 7) is 0. The van der Waals surface area contributed by atoms with Gasteiger partial charge in [-0.15, -0.1) is 0 Å². The molecule has 0 atom stereocenters. The molecule has 122 valence electrons. The number of hydrazone groups is 1. The Labute approximate surface area is 144 Å². The van der Waals surface area contributed by atoms with Crippen molar-refractivity contribution in [1.82, 2.24) is 0 Å². The molecule has 0 amide bonds. The Balaban J connectivity index is 2.25. The van der Waals surface area contributed by atoms with Gasteiger partial charge in [-0.1, -0.05) is 23.2 Å². The molecule has 2 aromatic rings. The Kier molecular flexibility index (Phi) is 5.96. The van der Waals surface area contributed by atoms with E-state index in [9.17, 15) is 0 Å². The van der Waals surface area contributed by atoms with Gasteiger partial charge >= 0.3 is 0 Å². The van der Waals surface area contributed by atoms with Crippen molar-refractivity contribution in [3.8, 4) is 17.2 Å². The Morgan fingerprint density at radius 3 is 2.09 bits per heavy atom. The highest BCUT2D eigenvalue weighted by atomic mass is 35.5. The Bertz CT molecular complexity index is 695. The zero-order valence-electron chi connectivity index (χ0n) is 12.9. The van der Waals surface area contributed by atoms with Crippen molar-refractivity contribution in [3.63, 3.8) is 0 Å². The van der Waals surface area contributed by atoms with Gasteiger partial charge in [0.25, 0.3) is 0 Å². The summed E-state index contributed by atoms with van der Waals surface area (Å²) in [5.74, 6) is 1.80. The van der Waals surface area contributed by atoms with E-state index in [0.29, 0.717) is 38.5 Å². The summed E-state index contributed by atoms with van der Waals surface area (Å²) in [5.41, 5.74) is 4.27. The number of ether oxygens (including phenoxy) is 3. The molecular formula is C16H16Cl2N2O3. The van der Waals surface area contributed by atoms with Gasteiger partial charge in [0.05, 0.1) is 48.8 Å². The molecule has 2 aromatic carbocycles. The number of benzene rings is 2. The second-order valence-corrected chi connectivity index (χ2v) is 5.26. The Morgan fingerprint density at radius 2 is 1.57 bits per heavy atom. The summed E-state index contributed by atoms with van der Waals surface area (Å²) in [6.07, 6.45) is 1.60. The van der Waals surface area contributed by atoms with Crippen LogP contribution < -0.4 is 19.6 Å². The van der Waals surface area contributed by atoms with E-state index in [0.717, 1.165) is 0 Å². The lowest BCUT2D eigenvalue weighted by molar-refractivity contribution is 0.374. The maximum atomic E-state index is 5.96. The van der Waals surface area contributed by atoms with Crippen LogP contribution in [0.2, 0.25) is 10.0 Å². The van der Waals surface area contributed by atoms with Crippen molar-refractivity contribution >= 4 is 35.1 Å². The molecule has 0 aliphatic carbocycles. The van der Waals surface area contributed by atoms with Crippen molar-refractivity contribution in [2.75, 3.05) is 26.8 Å². The number of anilines is 1. The average Bonchev–Trinajstić information content (AvgIpc) is 2.57. The molecule has 23 heavy (non-hydrogen) atoms. The number of nitrogens with zero attached hydrogens (tertiary/aromatic N) is 1. The third-order valence-corrected chi connectivity index (χ3v) is 3.80. The van der Waals surface area contributed by atoms with Crippen molar-refractivity contribution in [3.05, 3.63) is 45.9 Å². The molecular weight excluding hydrogens is 339 g/mol. The summed E-state index contributed by atoms with van der Waals surface area (Å²) in [7, 11) is 4.71. The van der Waals surface area contributed by atoms with Gasteiger partial charge in [-0.05, 0) is 18.2 Å². The topological polar surface area (TPSA) is 52.1 Å². The number of hydrogen-bond donors (Lipinski definition) is 1. The van der Waals surface area contributed by atoms with E-state index in [4.69, 9.17) is 37.4 Å². The zero-order valence-corrected chi connectivity index (χ0v) is 14.4. The first-order valence-corrected chi connectivity index (χ1v) is 7.38. The fourth-order valence-electron chi connectivity index (χ4n) is 1.90. The summed E-state index contributed by atoms with van der Waals surface area (Å²) in [6, 6.07) is 8.65. The van der Waals surface area contributed by atoms with Gasteiger partial charge in [-0.2, -0.15) is 5.10 Å². The van der Waals surface area contributed by atoms with Crippen LogP contribution >= 0.6 is 23.2 Å². The molecule has 0 saturated heterocycles. The highest BCUT2D eigenvalue weighted by Gasteiger charge is 2.11. The number of methoxy groups -OCH3 is 3. The van der Waals surface area contributed by atoms with Gasteiger partial charge in [0, 0.05) is 12.1 Å². The smallest absolute Gasteiger partial charge is 0.135 e. The van der Waals surface area contributed by atoms with Crippen LogP contribution in [0.5, 0.6) is 17.2 Å². The molecule has 0 unspecified atom stereocenters. The number of hydrogen-bond acceptors (Lipinski definition) is 5. The van der Waals surface area contributed by atoms with Crippen LogP contribution in [0.1, 0.15) is 5.56 Å². The normalized spacial score (nSPS) is 10.7. The van der Waals surface area contributed by atoms with Crippen LogP contribution in [0, 0.1) is 0 Å². The fourth-order valence-corrected chi connectivity index (χ4v) is 2.19. The first-order chi connectivity index (χ1) is 11.1. The predicted molar refractivity (Wildman–Crippen MR) is 93.8 cm³/mol. The molecule has 5 nitrogen and oxygen atoms in total. The van der Waals surface area contributed by atoms with E-state index in [2.05, 4.69) is 10.5 Å². The number of rotatable bonds is 6. The van der Waals surface area contributed by atoms with Crippen LogP contribution in [0.25, 0.3) is 0 Å². The standard InChI is InChI=1S/C16H16Cl2N2O3/c1-21-11-7-15(22-2)12(16(8-11)23-3)9-19-20-10-4-5-13(17)14(18)6-10/h4-9,20H,1-3H3. The predicted octanol–water partition coefficient (Wildman–Crippen LogP) is 4.47. The van der Waals surface area contributed by atoms with Gasteiger partial charge in [0.1, 0.15) is 17.2 Å². The minimum Gasteiger partial charge on any atom is -0.496 e. The van der Waals surface area contributed by atoms with E-state index < -0.39 is 0 Å². The molecule has 0 heterocycles. The van der Waals surface area contributed by atoms with E-state index in [1.807, 2.05) is 0 Å². The minimum absolute atomic E-state index is 0.450. The van der Waals surface area contributed by atoms with E-state index >= 15 is 0 Å². The summed E-state index contributed by atoms with van der Waals surface area (Å²) in [5, 5.41) is 5.11. The zero-order chi connectivity index (χ0) is 16.8. The van der Waals surface area contributed by atoms with Crippen LogP contribution in [0.15, 0.2) is 35.4 Å². The van der Waals surface area contributed by atoms with Crippen molar-refractivity contribution in [2.24, 2.45) is 5.10 Å². The second-order valence-electron chi connectivity index (χ2n) is 4.44. The third-order valence-electron chi connectivity index (χ3n) is 3.06. The average molecular weight is 355 g/mol. The lowest BCUT2D eigenvalue weighted by Crippen LogP contribution is -1.99. The molecule has 0 saturated carbocycles. The summed E-state index contributed by atoms with van der Waals surface area (Å²) in [4.78, 5) is 0. The third kappa shape index (κ3) is 4.21. The molecule has 2 rings (SSSR count). The van der Waals surface area contributed by atoms with Crippen LogP contribution in [-0.2, 0) is 0 Å². The quantitative estimate of drug-likeness (QED) is 0.614. The maximum absolute atomic E-state index is 5.96. The van der Waals surface area contributed by atoms with Crippen LogP contribution in [-0.4, -0.2) is 27.5 Å². The second kappa shape index (κ2) is 7.94. The lowest BCUT2D eigenvalue weighted by atomic mass is 10.2. The molecule has 0 spiro atoms. The number of nitrogens with one attached hydrogen (secondary N) is 1. The van der Waals surface area contributed by atoms with Gasteiger partial charge in [0.15, 0.2) is 0 Å². The van der Waals surface area contributed by atoms with Gasteiger partial charge in [0.2, 0.25) is 0 Å². The van der Waals surface area contributed by atoms with Crippen molar-refractivity contribution < 1.29 is 14.2 Å². The van der Waals surface area contributed by atoms with E-state index in [1.54, 1.807) is 57.9 Å². The Hall–Kier alpha value is -2.11. The molecule has 7 heteroatoms. The molecule has 0 bridgehead atoms. The Morgan fingerprint density at radius 1 is 0.913 bits per heavy atom. The maximum Gasteiger partial charge on any atom is 0.135 e. The molecule has 0 aromatic heterocycles. The highest BCUT2D eigenvalue weighted by molar-refractivity contribution is 6.42. The van der Waals surface area contributed by atoms with Crippen LogP contribution in [0.4, 0.5) is 5.69 Å². The molecule has 0 radical (unpaired) electrons. The van der Waals surface area contributed by atoms with Crippen molar-refractivity contribution in [1.29, 1.82) is 0 Å². The van der Waals surface area contributed by atoms with Gasteiger partial charge in [-0.25, -0.2) is 0 Å². The number of halogens is 2. The monoisotopic (exact) mass is 354 g/mol.